The van der Waals surface area contributed by atoms with Gasteiger partial charge in [-0.3, -0.25) is 14.4 Å². The Morgan fingerprint density at radius 1 is 1.05 bits per heavy atom. The second-order valence-electron chi connectivity index (χ2n) is 4.06. The number of carboxylic acids is 2. The summed E-state index contributed by atoms with van der Waals surface area (Å²) in [6.07, 6.45) is -0.464. The van der Waals surface area contributed by atoms with E-state index >= 15 is 0 Å². The van der Waals surface area contributed by atoms with Gasteiger partial charge >= 0.3 is 11.9 Å². The molecule has 0 saturated carbocycles. The van der Waals surface area contributed by atoms with Crippen LogP contribution in [-0.2, 0) is 9.59 Å². The molecule has 0 amide bonds. The lowest BCUT2D eigenvalue weighted by atomic mass is 9.91. The number of hydrogen-bond donors (Lipinski definition) is 4. The highest BCUT2D eigenvalue weighted by Crippen LogP contribution is 2.16. The van der Waals surface area contributed by atoms with Gasteiger partial charge < -0.3 is 21.7 Å². The zero-order valence-corrected chi connectivity index (χ0v) is 9.95. The Balaban J connectivity index is 2.93. The SMILES string of the molecule is Nc1ccc(C(=O)C(C[C@H](N)C(=O)O)C(=O)O)cc1. The Morgan fingerprint density at radius 2 is 1.58 bits per heavy atom. The molecule has 0 aliphatic heterocycles. The van der Waals surface area contributed by atoms with Gasteiger partial charge in [0.15, 0.2) is 5.78 Å². The highest BCUT2D eigenvalue weighted by Gasteiger charge is 2.31. The van der Waals surface area contributed by atoms with Crippen LogP contribution in [0.5, 0.6) is 0 Å². The first-order chi connectivity index (χ1) is 8.82. The predicted molar refractivity (Wildman–Crippen MR) is 66.5 cm³/mol. The van der Waals surface area contributed by atoms with E-state index in [9.17, 15) is 14.4 Å². The van der Waals surface area contributed by atoms with Crippen LogP contribution in [0.4, 0.5) is 5.69 Å². The third kappa shape index (κ3) is 3.78. The van der Waals surface area contributed by atoms with E-state index < -0.39 is 36.1 Å². The van der Waals surface area contributed by atoms with Crippen molar-refractivity contribution in [2.45, 2.75) is 12.5 Å². The number of anilines is 1. The average molecular weight is 266 g/mol. The summed E-state index contributed by atoms with van der Waals surface area (Å²) < 4.78 is 0. The van der Waals surface area contributed by atoms with Crippen molar-refractivity contribution in [1.82, 2.24) is 0 Å². The molecule has 0 spiro atoms. The fourth-order valence-electron chi connectivity index (χ4n) is 1.52. The summed E-state index contributed by atoms with van der Waals surface area (Å²) in [4.78, 5) is 33.6. The van der Waals surface area contributed by atoms with Gasteiger partial charge in [0.1, 0.15) is 12.0 Å². The van der Waals surface area contributed by atoms with Crippen molar-refractivity contribution in [3.63, 3.8) is 0 Å². The third-order valence-corrected chi connectivity index (χ3v) is 2.62. The standard InChI is InChI=1S/C12H14N2O5/c13-7-3-1-6(2-4-7)10(15)8(11(16)17)5-9(14)12(18)19/h1-4,8-9H,5,13-14H2,(H,16,17)(H,18,19)/t8?,9-/m0/s1. The maximum absolute atomic E-state index is 12.0. The summed E-state index contributed by atoms with van der Waals surface area (Å²) in [5.74, 6) is -4.94. The molecule has 7 heteroatoms. The molecule has 0 bridgehead atoms. The van der Waals surface area contributed by atoms with Crippen LogP contribution in [0, 0.1) is 5.92 Å². The number of carbonyl (C=O) groups excluding carboxylic acids is 1. The molecule has 0 heterocycles. The minimum atomic E-state index is -1.49. The number of ketones is 1. The van der Waals surface area contributed by atoms with Crippen LogP contribution in [0.25, 0.3) is 0 Å². The van der Waals surface area contributed by atoms with E-state index in [2.05, 4.69) is 0 Å². The van der Waals surface area contributed by atoms with Crippen molar-refractivity contribution in [1.29, 1.82) is 0 Å². The van der Waals surface area contributed by atoms with E-state index in [0.717, 1.165) is 0 Å². The highest BCUT2D eigenvalue weighted by atomic mass is 16.4. The molecule has 1 aromatic rings. The molecule has 0 radical (unpaired) electrons. The van der Waals surface area contributed by atoms with Crippen molar-refractivity contribution in [3.05, 3.63) is 29.8 Å². The molecule has 0 saturated heterocycles. The van der Waals surface area contributed by atoms with Crippen LogP contribution >= 0.6 is 0 Å². The van der Waals surface area contributed by atoms with E-state index in [-0.39, 0.29) is 5.56 Å². The summed E-state index contributed by atoms with van der Waals surface area (Å²) in [5.41, 5.74) is 11.3. The molecular formula is C12H14N2O5. The lowest BCUT2D eigenvalue weighted by molar-refractivity contribution is -0.142. The quantitative estimate of drug-likeness (QED) is 0.321. The van der Waals surface area contributed by atoms with E-state index in [1.165, 1.54) is 24.3 Å². The first kappa shape index (κ1) is 14.7. The number of hydrogen-bond acceptors (Lipinski definition) is 5. The molecule has 102 valence electrons. The second-order valence-corrected chi connectivity index (χ2v) is 4.06. The molecule has 1 rings (SSSR count). The van der Waals surface area contributed by atoms with Gasteiger partial charge in [-0.1, -0.05) is 0 Å². The summed E-state index contributed by atoms with van der Waals surface area (Å²) in [7, 11) is 0. The van der Waals surface area contributed by atoms with E-state index in [0.29, 0.717) is 5.69 Å². The fraction of sp³-hybridized carbons (Fsp3) is 0.250. The van der Waals surface area contributed by atoms with Crippen molar-refractivity contribution < 1.29 is 24.6 Å². The Morgan fingerprint density at radius 3 is 2.00 bits per heavy atom. The molecule has 1 aromatic carbocycles. The Labute approximate surface area is 108 Å². The van der Waals surface area contributed by atoms with Crippen LogP contribution in [0.2, 0.25) is 0 Å². The summed E-state index contributed by atoms with van der Waals surface area (Å²) >= 11 is 0. The maximum atomic E-state index is 12.0. The largest absolute Gasteiger partial charge is 0.481 e. The molecule has 2 atom stereocenters. The lowest BCUT2D eigenvalue weighted by Gasteiger charge is -2.14. The molecule has 1 unspecified atom stereocenters. The monoisotopic (exact) mass is 266 g/mol. The Hall–Kier alpha value is -2.41. The zero-order chi connectivity index (χ0) is 14.6. The Kier molecular flexibility index (Phi) is 4.60. The normalized spacial score (nSPS) is 13.5. The maximum Gasteiger partial charge on any atom is 0.320 e. The second kappa shape index (κ2) is 5.96. The number of benzene rings is 1. The molecule has 0 fully saturated rings. The zero-order valence-electron chi connectivity index (χ0n) is 9.95. The Bertz CT molecular complexity index is 497. The number of nitrogen functional groups attached to an aromatic ring is 1. The molecule has 6 N–H and O–H groups in total. The van der Waals surface area contributed by atoms with Gasteiger partial charge in [0, 0.05) is 11.3 Å². The minimum absolute atomic E-state index is 0.152. The number of nitrogens with two attached hydrogens (primary N) is 2. The molecular weight excluding hydrogens is 252 g/mol. The van der Waals surface area contributed by atoms with Crippen molar-refractivity contribution in [2.75, 3.05) is 5.73 Å². The van der Waals surface area contributed by atoms with Gasteiger partial charge in [-0.15, -0.1) is 0 Å². The van der Waals surface area contributed by atoms with Gasteiger partial charge in [-0.25, -0.2) is 0 Å². The van der Waals surface area contributed by atoms with Gasteiger partial charge in [-0.2, -0.15) is 0 Å². The lowest BCUT2D eigenvalue weighted by Crippen LogP contribution is -2.37. The number of Topliss-reactive ketones (excluding diaryl/α,β-unsaturated/α-hetero) is 1. The predicted octanol–water partition coefficient (Wildman–Crippen LogP) is -0.0457. The van der Waals surface area contributed by atoms with Crippen LogP contribution in [-0.4, -0.2) is 34.0 Å². The minimum Gasteiger partial charge on any atom is -0.481 e. The number of aliphatic carboxylic acids is 2. The van der Waals surface area contributed by atoms with Crippen LogP contribution in [0.1, 0.15) is 16.8 Å². The number of carbonyl (C=O) groups is 3. The highest BCUT2D eigenvalue weighted by molar-refractivity contribution is 6.08. The molecule has 0 aliphatic rings. The number of carboxylic acid groups (broad SMARTS) is 2. The van der Waals surface area contributed by atoms with Gasteiger partial charge in [0.05, 0.1) is 0 Å². The van der Waals surface area contributed by atoms with Crippen molar-refractivity contribution >= 4 is 23.4 Å². The topological polar surface area (TPSA) is 144 Å². The van der Waals surface area contributed by atoms with Crippen LogP contribution in [0.3, 0.4) is 0 Å². The average Bonchev–Trinajstić information content (AvgIpc) is 2.35. The first-order valence-corrected chi connectivity index (χ1v) is 5.44. The van der Waals surface area contributed by atoms with Crippen molar-refractivity contribution in [2.24, 2.45) is 11.7 Å². The van der Waals surface area contributed by atoms with Gasteiger partial charge in [0.2, 0.25) is 0 Å². The summed E-state index contributed by atoms with van der Waals surface area (Å²) in [6.45, 7) is 0. The third-order valence-electron chi connectivity index (χ3n) is 2.62. The fourth-order valence-corrected chi connectivity index (χ4v) is 1.52. The van der Waals surface area contributed by atoms with Gasteiger partial charge in [0.25, 0.3) is 0 Å². The summed E-state index contributed by atoms with van der Waals surface area (Å²) in [6, 6.07) is 4.30. The van der Waals surface area contributed by atoms with E-state index in [1.54, 1.807) is 0 Å². The molecule has 19 heavy (non-hydrogen) atoms. The molecule has 7 nitrogen and oxygen atoms in total. The van der Waals surface area contributed by atoms with Gasteiger partial charge in [-0.05, 0) is 30.7 Å². The molecule has 0 aromatic heterocycles. The smallest absolute Gasteiger partial charge is 0.320 e. The summed E-state index contributed by atoms with van der Waals surface area (Å²) in [5, 5.41) is 17.7. The van der Waals surface area contributed by atoms with E-state index in [1.807, 2.05) is 0 Å². The number of rotatable bonds is 6. The molecule has 0 aliphatic carbocycles. The van der Waals surface area contributed by atoms with E-state index in [4.69, 9.17) is 21.7 Å². The first-order valence-electron chi connectivity index (χ1n) is 5.44. The van der Waals surface area contributed by atoms with Crippen LogP contribution < -0.4 is 11.5 Å². The van der Waals surface area contributed by atoms with Crippen LogP contribution in [0.15, 0.2) is 24.3 Å². The van der Waals surface area contributed by atoms with Crippen molar-refractivity contribution in [3.8, 4) is 0 Å².